The summed E-state index contributed by atoms with van der Waals surface area (Å²) >= 11 is 1.79. The number of nitrogens with zero attached hydrogens (tertiary/aromatic N) is 1. The fraction of sp³-hybridized carbons (Fsp3) is 0.357. The average Bonchev–Trinajstić information content (AvgIpc) is 2.69. The molecule has 3 heteroatoms. The second kappa shape index (κ2) is 5.43. The quantitative estimate of drug-likeness (QED) is 0.809. The number of hydrogen-bond acceptors (Lipinski definition) is 3. The summed E-state index contributed by atoms with van der Waals surface area (Å²) in [6.07, 6.45) is 1.01. The van der Waals surface area contributed by atoms with E-state index in [9.17, 15) is 4.79 Å². The third-order valence-corrected chi connectivity index (χ3v) is 3.83. The summed E-state index contributed by atoms with van der Waals surface area (Å²) in [4.78, 5) is 13.1. The number of carbonyl (C=O) groups is 1. The van der Waals surface area contributed by atoms with Crippen LogP contribution in [0.1, 0.15) is 12.5 Å². The molecule has 2 nitrogen and oxygen atoms in total. The maximum atomic E-state index is 11.0. The van der Waals surface area contributed by atoms with Crippen LogP contribution < -0.4 is 0 Å². The average molecular weight is 247 g/mol. The van der Waals surface area contributed by atoms with Crippen molar-refractivity contribution in [2.45, 2.75) is 13.3 Å². The number of fused-ring (bicyclic) bond motifs is 1. The van der Waals surface area contributed by atoms with Crippen LogP contribution in [0.15, 0.2) is 29.6 Å². The Hall–Kier alpha value is -1.19. The van der Waals surface area contributed by atoms with E-state index in [-0.39, 0.29) is 5.78 Å². The molecule has 0 N–H and O–H groups in total. The first-order valence-corrected chi connectivity index (χ1v) is 6.68. The van der Waals surface area contributed by atoms with Crippen LogP contribution in [0.4, 0.5) is 0 Å². The number of ketones is 1. The second-order valence-corrected chi connectivity index (χ2v) is 5.36. The van der Waals surface area contributed by atoms with Gasteiger partial charge in [0.1, 0.15) is 5.78 Å². The molecular formula is C14H17NOS. The van der Waals surface area contributed by atoms with Crippen LogP contribution in [0.25, 0.3) is 10.1 Å². The zero-order chi connectivity index (χ0) is 12.3. The molecule has 0 saturated carbocycles. The van der Waals surface area contributed by atoms with E-state index in [1.54, 1.807) is 18.3 Å². The van der Waals surface area contributed by atoms with Gasteiger partial charge in [-0.2, -0.15) is 0 Å². The minimum Gasteiger partial charge on any atom is -0.299 e. The largest absolute Gasteiger partial charge is 0.299 e. The van der Waals surface area contributed by atoms with E-state index in [0.29, 0.717) is 6.54 Å². The number of rotatable bonds is 5. The molecule has 1 heterocycles. The van der Waals surface area contributed by atoms with E-state index in [4.69, 9.17) is 0 Å². The highest BCUT2D eigenvalue weighted by Gasteiger charge is 2.06. The van der Waals surface area contributed by atoms with E-state index in [0.717, 1.165) is 13.0 Å². The van der Waals surface area contributed by atoms with Gasteiger partial charge in [0.25, 0.3) is 0 Å². The molecule has 1 aromatic heterocycles. The highest BCUT2D eigenvalue weighted by Crippen LogP contribution is 2.25. The van der Waals surface area contributed by atoms with Crippen LogP contribution in [0, 0.1) is 0 Å². The molecule has 0 fully saturated rings. The zero-order valence-electron chi connectivity index (χ0n) is 10.3. The van der Waals surface area contributed by atoms with Crippen molar-refractivity contribution in [1.29, 1.82) is 0 Å². The van der Waals surface area contributed by atoms with Crippen molar-refractivity contribution in [2.75, 3.05) is 20.1 Å². The summed E-state index contributed by atoms with van der Waals surface area (Å²) in [5, 5.41) is 3.58. The van der Waals surface area contributed by atoms with Gasteiger partial charge in [0.05, 0.1) is 6.54 Å². The van der Waals surface area contributed by atoms with Crippen LogP contribution in [-0.4, -0.2) is 30.8 Å². The van der Waals surface area contributed by atoms with Gasteiger partial charge in [0.15, 0.2) is 0 Å². The Bertz CT molecular complexity index is 518. The molecule has 2 aromatic rings. The van der Waals surface area contributed by atoms with Gasteiger partial charge >= 0.3 is 0 Å². The van der Waals surface area contributed by atoms with Crippen LogP contribution in [0.3, 0.4) is 0 Å². The standard InChI is InChI=1S/C14H17NOS/c1-11(16)9-15(2)8-7-12-10-17-14-6-4-3-5-13(12)14/h3-6,10H,7-9H2,1-2H3. The molecule has 90 valence electrons. The lowest BCUT2D eigenvalue weighted by molar-refractivity contribution is -0.117. The molecular weight excluding hydrogens is 230 g/mol. The number of benzene rings is 1. The summed E-state index contributed by atoms with van der Waals surface area (Å²) in [5.74, 6) is 0.225. The summed E-state index contributed by atoms with van der Waals surface area (Å²) in [6, 6.07) is 8.48. The van der Waals surface area contributed by atoms with Crippen molar-refractivity contribution < 1.29 is 4.79 Å². The van der Waals surface area contributed by atoms with Crippen LogP contribution in [0.2, 0.25) is 0 Å². The zero-order valence-corrected chi connectivity index (χ0v) is 11.1. The summed E-state index contributed by atoms with van der Waals surface area (Å²) in [7, 11) is 2.00. The molecule has 2 rings (SSSR count). The van der Waals surface area contributed by atoms with E-state index in [1.807, 2.05) is 7.05 Å². The minimum atomic E-state index is 0.225. The molecule has 0 unspecified atom stereocenters. The van der Waals surface area contributed by atoms with Gasteiger partial charge in [0.2, 0.25) is 0 Å². The molecule has 0 bridgehead atoms. The van der Waals surface area contributed by atoms with Crippen molar-refractivity contribution in [3.63, 3.8) is 0 Å². The van der Waals surface area contributed by atoms with Crippen molar-refractivity contribution in [3.05, 3.63) is 35.2 Å². The fourth-order valence-electron chi connectivity index (χ4n) is 2.00. The summed E-state index contributed by atoms with van der Waals surface area (Å²) in [5.41, 5.74) is 1.39. The third kappa shape index (κ3) is 3.14. The Kier molecular flexibility index (Phi) is 3.92. The van der Waals surface area contributed by atoms with Crippen molar-refractivity contribution >= 4 is 27.2 Å². The SMILES string of the molecule is CC(=O)CN(C)CCc1csc2ccccc12. The van der Waals surface area contributed by atoms with Crippen molar-refractivity contribution in [3.8, 4) is 0 Å². The predicted octanol–water partition coefficient (Wildman–Crippen LogP) is 2.96. The van der Waals surface area contributed by atoms with Crippen LogP contribution in [-0.2, 0) is 11.2 Å². The van der Waals surface area contributed by atoms with Gasteiger partial charge in [-0.15, -0.1) is 11.3 Å². The predicted molar refractivity (Wildman–Crippen MR) is 73.7 cm³/mol. The molecule has 1 aromatic carbocycles. The van der Waals surface area contributed by atoms with E-state index in [2.05, 4.69) is 34.5 Å². The van der Waals surface area contributed by atoms with Crippen LogP contribution in [0.5, 0.6) is 0 Å². The molecule has 0 spiro atoms. The highest BCUT2D eigenvalue weighted by molar-refractivity contribution is 7.17. The monoisotopic (exact) mass is 247 g/mol. The summed E-state index contributed by atoms with van der Waals surface area (Å²) < 4.78 is 1.34. The Labute approximate surface area is 106 Å². The van der Waals surface area contributed by atoms with E-state index < -0.39 is 0 Å². The molecule has 0 aliphatic rings. The first kappa shape index (κ1) is 12.3. The second-order valence-electron chi connectivity index (χ2n) is 4.45. The molecule has 0 atom stereocenters. The number of hydrogen-bond donors (Lipinski definition) is 0. The lowest BCUT2D eigenvalue weighted by Gasteiger charge is -2.13. The van der Waals surface area contributed by atoms with Gasteiger partial charge < -0.3 is 0 Å². The van der Waals surface area contributed by atoms with Crippen LogP contribution >= 0.6 is 11.3 Å². The highest BCUT2D eigenvalue weighted by atomic mass is 32.1. The molecule has 0 aliphatic carbocycles. The number of Topliss-reactive ketones (excluding diaryl/α,β-unsaturated/α-hetero) is 1. The minimum absolute atomic E-state index is 0.225. The fourth-order valence-corrected chi connectivity index (χ4v) is 2.99. The Balaban J connectivity index is 2.02. The van der Waals surface area contributed by atoms with Gasteiger partial charge in [0, 0.05) is 11.2 Å². The topological polar surface area (TPSA) is 20.3 Å². The van der Waals surface area contributed by atoms with Crippen molar-refractivity contribution in [1.82, 2.24) is 4.90 Å². The maximum absolute atomic E-state index is 11.0. The maximum Gasteiger partial charge on any atom is 0.143 e. The van der Waals surface area contributed by atoms with E-state index in [1.165, 1.54) is 15.6 Å². The smallest absolute Gasteiger partial charge is 0.143 e. The summed E-state index contributed by atoms with van der Waals surface area (Å²) in [6.45, 7) is 3.11. The van der Waals surface area contributed by atoms with Gasteiger partial charge in [-0.05, 0) is 42.8 Å². The molecule has 0 amide bonds. The van der Waals surface area contributed by atoms with E-state index >= 15 is 0 Å². The Morgan fingerprint density at radius 1 is 1.35 bits per heavy atom. The van der Waals surface area contributed by atoms with Crippen molar-refractivity contribution in [2.24, 2.45) is 0 Å². The number of thiophene rings is 1. The Morgan fingerprint density at radius 3 is 2.88 bits per heavy atom. The number of carbonyl (C=O) groups excluding carboxylic acids is 1. The molecule has 17 heavy (non-hydrogen) atoms. The third-order valence-electron chi connectivity index (χ3n) is 2.82. The number of likely N-dealkylation sites (N-methyl/N-ethyl adjacent to an activating group) is 1. The molecule has 0 saturated heterocycles. The lowest BCUT2D eigenvalue weighted by Crippen LogP contribution is -2.26. The van der Waals surface area contributed by atoms with Gasteiger partial charge in [-0.3, -0.25) is 9.69 Å². The molecule has 0 aliphatic heterocycles. The van der Waals surface area contributed by atoms with Gasteiger partial charge in [-0.1, -0.05) is 18.2 Å². The first-order chi connectivity index (χ1) is 8.16. The first-order valence-electron chi connectivity index (χ1n) is 5.80. The Morgan fingerprint density at radius 2 is 2.12 bits per heavy atom. The normalized spacial score (nSPS) is 11.2. The van der Waals surface area contributed by atoms with Gasteiger partial charge in [-0.25, -0.2) is 0 Å². The lowest BCUT2D eigenvalue weighted by atomic mass is 10.1. The molecule has 0 radical (unpaired) electrons.